The summed E-state index contributed by atoms with van der Waals surface area (Å²) >= 11 is -3.24. The van der Waals surface area contributed by atoms with E-state index in [0.717, 1.165) is 25.7 Å². The molecule has 34 heavy (non-hydrogen) atoms. The first kappa shape index (κ1) is 29.3. The average molecular weight is 591 g/mol. The van der Waals surface area contributed by atoms with Crippen molar-refractivity contribution < 1.29 is 17.4 Å². The van der Waals surface area contributed by atoms with Crippen molar-refractivity contribution in [2.75, 3.05) is 0 Å². The Labute approximate surface area is 222 Å². The molecule has 0 aromatic heterocycles. The van der Waals surface area contributed by atoms with Crippen molar-refractivity contribution >= 4 is 42.8 Å². The Bertz CT molecular complexity index is 1160. The Morgan fingerprint density at radius 3 is 1.26 bits per heavy atom. The maximum absolute atomic E-state index is 3.24. The molecule has 0 amide bonds. The zero-order valence-electron chi connectivity index (χ0n) is 21.6. The van der Waals surface area contributed by atoms with Gasteiger partial charge in [0.15, 0.2) is 0 Å². The second kappa shape index (κ2) is 11.0. The van der Waals surface area contributed by atoms with E-state index in [4.69, 9.17) is 0 Å². The fourth-order valence-corrected chi connectivity index (χ4v) is 21.9. The standard InChI is InChI=1S/2C14H15.2CH3.2ClH.H2Si.Zr/c2*1-3-12-7-9-13(10-8-12)14-6-4-5-11(14)2;;;;;;/h2*6-10H,3-4H2,1-2H3;2*1H3;2*1H;1H2;. The van der Waals surface area contributed by atoms with Gasteiger partial charge in [-0.25, -0.2) is 0 Å². The molecular formula is C30H40Cl2SiZr. The van der Waals surface area contributed by atoms with Crippen LogP contribution in [0.5, 0.6) is 0 Å². The SMILES string of the molecule is CCc1ccc(C2=CC[C]([Zr]([CH3])([CH3])(=[SiH2])[C]3=C(C)C(c4ccc(CC)cc4)=CC3)=C2C)cc1.Cl.Cl. The summed E-state index contributed by atoms with van der Waals surface area (Å²) in [4.78, 5) is 0. The van der Waals surface area contributed by atoms with Gasteiger partial charge in [-0.15, -0.1) is 24.8 Å². The third kappa shape index (κ3) is 5.27. The zero-order valence-corrected chi connectivity index (χ0v) is 27.1. The maximum Gasteiger partial charge on any atom is -0.147 e. The van der Waals surface area contributed by atoms with Gasteiger partial charge in [0.1, 0.15) is 0 Å². The number of hydrogen-bond donors (Lipinski definition) is 0. The van der Waals surface area contributed by atoms with E-state index in [1.165, 1.54) is 33.4 Å². The number of halogens is 2. The second-order valence-electron chi connectivity index (χ2n) is 10.6. The quantitative estimate of drug-likeness (QED) is 0.295. The molecule has 0 spiro atoms. The van der Waals surface area contributed by atoms with Gasteiger partial charge >= 0.3 is 199 Å². The molecule has 0 radical (unpaired) electrons. The van der Waals surface area contributed by atoms with Crippen LogP contribution in [0.2, 0.25) is 9.26 Å². The largest absolute Gasteiger partial charge is 0.147 e. The van der Waals surface area contributed by atoms with Crippen LogP contribution in [0.15, 0.2) is 78.4 Å². The number of benzene rings is 2. The molecule has 2 aromatic carbocycles. The van der Waals surface area contributed by atoms with Gasteiger partial charge in [0.2, 0.25) is 0 Å². The molecule has 0 nitrogen and oxygen atoms in total. The van der Waals surface area contributed by atoms with Crippen molar-refractivity contribution in [3.8, 4) is 0 Å². The van der Waals surface area contributed by atoms with Crippen LogP contribution in [0, 0.1) is 0 Å². The Kier molecular flexibility index (Phi) is 9.48. The van der Waals surface area contributed by atoms with Crippen LogP contribution >= 0.6 is 24.8 Å². The number of allylic oxidation sites excluding steroid dienone is 8. The number of hydrogen-bond acceptors (Lipinski definition) is 0. The zero-order chi connectivity index (χ0) is 23.1. The normalized spacial score (nSPS) is 16.2. The predicted octanol–water partition coefficient (Wildman–Crippen LogP) is 8.81. The summed E-state index contributed by atoms with van der Waals surface area (Å²) in [6, 6.07) is 18.5. The van der Waals surface area contributed by atoms with Gasteiger partial charge in [-0.1, -0.05) is 0 Å². The molecule has 0 bridgehead atoms. The minimum absolute atomic E-state index is 0. The van der Waals surface area contributed by atoms with Crippen LogP contribution in [-0.2, 0) is 30.2 Å². The van der Waals surface area contributed by atoms with Gasteiger partial charge in [0, 0.05) is 0 Å². The summed E-state index contributed by atoms with van der Waals surface area (Å²) in [6.07, 6.45) is 9.48. The summed E-state index contributed by atoms with van der Waals surface area (Å²) in [5, 5.41) is 0. The van der Waals surface area contributed by atoms with E-state index in [9.17, 15) is 0 Å². The van der Waals surface area contributed by atoms with Crippen LogP contribution in [0.4, 0.5) is 0 Å². The Morgan fingerprint density at radius 2 is 0.971 bits per heavy atom. The first-order chi connectivity index (χ1) is 15.1. The summed E-state index contributed by atoms with van der Waals surface area (Å²) in [7, 11) is 0. The fraction of sp³-hybridized carbons (Fsp3) is 0.333. The second-order valence-corrected chi connectivity index (χ2v) is 39.4. The van der Waals surface area contributed by atoms with Gasteiger partial charge in [0.05, 0.1) is 0 Å². The molecule has 0 heterocycles. The summed E-state index contributed by atoms with van der Waals surface area (Å²) < 4.78 is 8.91. The van der Waals surface area contributed by atoms with E-state index in [-0.39, 0.29) is 24.8 Å². The predicted molar refractivity (Wildman–Crippen MR) is 157 cm³/mol. The van der Waals surface area contributed by atoms with Crippen molar-refractivity contribution in [2.45, 2.75) is 62.6 Å². The van der Waals surface area contributed by atoms with Crippen molar-refractivity contribution in [1.82, 2.24) is 0 Å². The Balaban J connectivity index is 0.00000204. The molecule has 0 fully saturated rings. The van der Waals surface area contributed by atoms with E-state index in [1.54, 1.807) is 17.7 Å². The molecule has 2 aromatic rings. The summed E-state index contributed by atoms with van der Waals surface area (Å²) in [6.45, 7) is 11.6. The van der Waals surface area contributed by atoms with Crippen molar-refractivity contribution in [3.63, 3.8) is 0 Å². The Hall–Kier alpha value is -0.920. The molecule has 0 aliphatic heterocycles. The van der Waals surface area contributed by atoms with Crippen LogP contribution in [0.25, 0.3) is 11.1 Å². The van der Waals surface area contributed by atoms with Crippen molar-refractivity contribution in [2.24, 2.45) is 0 Å². The van der Waals surface area contributed by atoms with Crippen molar-refractivity contribution in [3.05, 3.63) is 101 Å². The van der Waals surface area contributed by atoms with Gasteiger partial charge in [-0.05, 0) is 0 Å². The van der Waals surface area contributed by atoms with E-state index in [2.05, 4.69) is 105 Å². The molecular weight excluding hydrogens is 551 g/mol. The minimum Gasteiger partial charge on any atom is -0.147 e. The molecule has 4 heteroatoms. The fourth-order valence-electron chi connectivity index (χ4n) is 5.89. The first-order valence-corrected chi connectivity index (χ1v) is 25.5. The summed E-state index contributed by atoms with van der Waals surface area (Å²) in [5.74, 6) is 0. The summed E-state index contributed by atoms with van der Waals surface area (Å²) in [5.41, 5.74) is 11.7. The third-order valence-corrected chi connectivity index (χ3v) is 25.4. The van der Waals surface area contributed by atoms with Gasteiger partial charge in [0.25, 0.3) is 0 Å². The van der Waals surface area contributed by atoms with Gasteiger partial charge < -0.3 is 0 Å². The van der Waals surface area contributed by atoms with E-state index in [1.807, 2.05) is 0 Å². The third-order valence-electron chi connectivity index (χ3n) is 8.02. The van der Waals surface area contributed by atoms with Crippen molar-refractivity contribution in [1.29, 1.82) is 0 Å². The van der Waals surface area contributed by atoms with E-state index < -0.39 is 17.4 Å². The van der Waals surface area contributed by atoms with Gasteiger partial charge in [-0.3, -0.25) is 0 Å². The molecule has 0 unspecified atom stereocenters. The molecule has 0 atom stereocenters. The maximum atomic E-state index is 2.67. The average Bonchev–Trinajstić information content (AvgIpc) is 3.37. The topological polar surface area (TPSA) is 0 Å². The minimum atomic E-state index is -3.24. The van der Waals surface area contributed by atoms with Crippen LogP contribution in [-0.4, -0.2) is 6.88 Å². The number of rotatable bonds is 6. The molecule has 2 aliphatic rings. The van der Waals surface area contributed by atoms with E-state index >= 15 is 0 Å². The molecule has 2 aliphatic carbocycles. The monoisotopic (exact) mass is 588 g/mol. The molecule has 0 saturated heterocycles. The first-order valence-electron chi connectivity index (χ1n) is 12.2. The number of aryl methyl sites for hydroxylation is 2. The smallest absolute Gasteiger partial charge is 0.147 e. The van der Waals surface area contributed by atoms with Crippen LogP contribution in [0.1, 0.15) is 62.8 Å². The van der Waals surface area contributed by atoms with Gasteiger partial charge in [-0.2, -0.15) is 0 Å². The molecule has 4 rings (SSSR count). The molecule has 182 valence electrons. The Morgan fingerprint density at radius 1 is 0.647 bits per heavy atom. The van der Waals surface area contributed by atoms with Crippen LogP contribution < -0.4 is 0 Å². The molecule has 0 saturated carbocycles. The molecule has 0 N–H and O–H groups in total. The van der Waals surface area contributed by atoms with E-state index in [0.29, 0.717) is 0 Å². The van der Waals surface area contributed by atoms with Crippen LogP contribution in [0.3, 0.4) is 0 Å².